The minimum Gasteiger partial charge on any atom is -0.478 e. The molecule has 3 heteroatoms. The number of carboxylic acid groups (broad SMARTS) is 1. The number of aliphatic carboxylic acids is 1. The van der Waals surface area contributed by atoms with Crippen molar-refractivity contribution in [1.29, 1.82) is 0 Å². The van der Waals surface area contributed by atoms with Gasteiger partial charge in [-0.1, -0.05) is 18.2 Å². The molecule has 0 aliphatic rings. The van der Waals surface area contributed by atoms with Crippen molar-refractivity contribution in [2.24, 2.45) is 0 Å². The maximum absolute atomic E-state index is 9.88. The molecule has 54 valence electrons. The lowest BCUT2D eigenvalue weighted by Crippen LogP contribution is -2.38. The Labute approximate surface area is 59.2 Å². The standard InChI is InChI=1S/C7H9NO2/c8-6-4-2-1-3-5-7(9)10/h1-6H,8H2,(H,9,10)/p+1/b2-1+,5-3+,6-4+. The molecule has 4 N–H and O–H groups in total. The Kier molecular flexibility index (Phi) is 5.00. The van der Waals surface area contributed by atoms with Crippen LogP contribution in [0.2, 0.25) is 0 Å². The highest BCUT2D eigenvalue weighted by molar-refractivity contribution is 5.80. The van der Waals surface area contributed by atoms with Gasteiger partial charge < -0.3 is 10.8 Å². The van der Waals surface area contributed by atoms with E-state index in [1.54, 1.807) is 24.4 Å². The molecular weight excluding hydrogens is 130 g/mol. The molecule has 10 heavy (non-hydrogen) atoms. The van der Waals surface area contributed by atoms with Gasteiger partial charge in [0, 0.05) is 6.08 Å². The largest absolute Gasteiger partial charge is 0.478 e. The number of quaternary nitrogens is 1. The van der Waals surface area contributed by atoms with Gasteiger partial charge in [0.1, 0.15) is 0 Å². The zero-order valence-corrected chi connectivity index (χ0v) is 5.53. The Hall–Kier alpha value is -1.35. The molecule has 0 bridgehead atoms. The van der Waals surface area contributed by atoms with Gasteiger partial charge in [0.2, 0.25) is 0 Å². The van der Waals surface area contributed by atoms with Crippen molar-refractivity contribution in [3.63, 3.8) is 0 Å². The van der Waals surface area contributed by atoms with E-state index in [0.717, 1.165) is 6.08 Å². The van der Waals surface area contributed by atoms with Gasteiger partial charge in [0.15, 0.2) is 0 Å². The molecule has 0 saturated heterocycles. The first kappa shape index (κ1) is 8.65. The van der Waals surface area contributed by atoms with Gasteiger partial charge in [0.05, 0.1) is 6.20 Å². The third-order valence-electron chi connectivity index (χ3n) is 0.708. The number of hydrogen-bond donors (Lipinski definition) is 2. The average molecular weight is 140 g/mol. The summed E-state index contributed by atoms with van der Waals surface area (Å²) in [7, 11) is 0. The van der Waals surface area contributed by atoms with Gasteiger partial charge >= 0.3 is 5.97 Å². The molecule has 0 rings (SSSR count). The van der Waals surface area contributed by atoms with Crippen LogP contribution >= 0.6 is 0 Å². The fraction of sp³-hybridized carbons (Fsp3) is 0. The summed E-state index contributed by atoms with van der Waals surface area (Å²) in [6.07, 6.45) is 9.16. The summed E-state index contributed by atoms with van der Waals surface area (Å²) in [5.41, 5.74) is 3.45. The molecule has 0 heterocycles. The summed E-state index contributed by atoms with van der Waals surface area (Å²) >= 11 is 0. The van der Waals surface area contributed by atoms with Crippen molar-refractivity contribution in [3.05, 3.63) is 36.6 Å². The molecule has 0 aromatic heterocycles. The van der Waals surface area contributed by atoms with E-state index >= 15 is 0 Å². The molecular formula is C7H10NO2+. The van der Waals surface area contributed by atoms with Crippen LogP contribution in [0.5, 0.6) is 0 Å². The van der Waals surface area contributed by atoms with E-state index in [4.69, 9.17) is 5.11 Å². The van der Waals surface area contributed by atoms with E-state index in [0.29, 0.717) is 0 Å². The minimum atomic E-state index is -0.941. The second-order valence-corrected chi connectivity index (χ2v) is 1.51. The molecule has 0 aliphatic carbocycles. The molecule has 0 fully saturated rings. The summed E-state index contributed by atoms with van der Waals surface area (Å²) < 4.78 is 0. The normalized spacial score (nSPS) is 12.1. The molecule has 0 spiro atoms. The summed E-state index contributed by atoms with van der Waals surface area (Å²) in [6, 6.07) is 0. The molecule has 3 nitrogen and oxygen atoms in total. The van der Waals surface area contributed by atoms with Crippen LogP contribution in [0.3, 0.4) is 0 Å². The third-order valence-corrected chi connectivity index (χ3v) is 0.708. The fourth-order valence-electron chi connectivity index (χ4n) is 0.345. The lowest BCUT2D eigenvalue weighted by atomic mass is 10.4. The van der Waals surface area contributed by atoms with Crippen molar-refractivity contribution in [3.8, 4) is 0 Å². The van der Waals surface area contributed by atoms with Crippen LogP contribution in [0.25, 0.3) is 0 Å². The maximum Gasteiger partial charge on any atom is 0.328 e. The highest BCUT2D eigenvalue weighted by Gasteiger charge is 1.78. The topological polar surface area (TPSA) is 64.9 Å². The first-order chi connectivity index (χ1) is 4.77. The van der Waals surface area contributed by atoms with E-state index in [2.05, 4.69) is 5.73 Å². The van der Waals surface area contributed by atoms with Crippen molar-refractivity contribution in [2.45, 2.75) is 0 Å². The molecule has 0 radical (unpaired) electrons. The predicted molar refractivity (Wildman–Crippen MR) is 37.9 cm³/mol. The average Bonchev–Trinajstić information content (AvgIpc) is 1.87. The molecule has 0 atom stereocenters. The first-order valence-corrected chi connectivity index (χ1v) is 2.79. The zero-order valence-electron chi connectivity index (χ0n) is 5.53. The molecule has 0 saturated carbocycles. The Bertz CT molecular complexity index is 180. The molecule has 0 aromatic carbocycles. The van der Waals surface area contributed by atoms with Gasteiger partial charge in [0.25, 0.3) is 0 Å². The number of allylic oxidation sites excluding steroid dienone is 4. The van der Waals surface area contributed by atoms with Gasteiger partial charge in [-0.3, -0.25) is 0 Å². The van der Waals surface area contributed by atoms with Gasteiger partial charge in [-0.25, -0.2) is 4.79 Å². The van der Waals surface area contributed by atoms with Crippen LogP contribution in [-0.4, -0.2) is 11.1 Å². The van der Waals surface area contributed by atoms with Crippen molar-refractivity contribution in [1.82, 2.24) is 0 Å². The second-order valence-electron chi connectivity index (χ2n) is 1.51. The van der Waals surface area contributed by atoms with Gasteiger partial charge in [-0.05, 0) is 6.08 Å². The Morgan fingerprint density at radius 2 is 1.80 bits per heavy atom. The van der Waals surface area contributed by atoms with Gasteiger partial charge in [-0.15, -0.1) is 0 Å². The summed E-state index contributed by atoms with van der Waals surface area (Å²) in [5, 5.41) is 8.12. The Morgan fingerprint density at radius 3 is 2.30 bits per heavy atom. The molecule has 0 aliphatic heterocycles. The van der Waals surface area contributed by atoms with Crippen molar-refractivity contribution < 1.29 is 15.6 Å². The summed E-state index contributed by atoms with van der Waals surface area (Å²) in [4.78, 5) is 9.88. The molecule has 0 unspecified atom stereocenters. The highest BCUT2D eigenvalue weighted by Crippen LogP contribution is 1.77. The van der Waals surface area contributed by atoms with Crippen LogP contribution in [-0.2, 0) is 4.79 Å². The number of rotatable bonds is 3. The SMILES string of the molecule is [NH3+]/C=C/C=C/C=C/C(=O)O. The zero-order chi connectivity index (χ0) is 7.82. The van der Waals surface area contributed by atoms with Crippen LogP contribution in [0.15, 0.2) is 36.6 Å². The minimum absolute atomic E-state index is 0.941. The van der Waals surface area contributed by atoms with E-state index < -0.39 is 5.97 Å². The summed E-state index contributed by atoms with van der Waals surface area (Å²) in [5.74, 6) is -0.941. The lowest BCUT2D eigenvalue weighted by molar-refractivity contribution is -0.274. The van der Waals surface area contributed by atoms with Crippen LogP contribution in [0.1, 0.15) is 0 Å². The number of hydrogen-bond acceptors (Lipinski definition) is 1. The van der Waals surface area contributed by atoms with E-state index in [-0.39, 0.29) is 0 Å². The highest BCUT2D eigenvalue weighted by atomic mass is 16.4. The van der Waals surface area contributed by atoms with E-state index in [1.165, 1.54) is 6.08 Å². The predicted octanol–water partition coefficient (Wildman–Crippen LogP) is -0.0610. The second kappa shape index (κ2) is 5.78. The molecule has 0 aromatic rings. The van der Waals surface area contributed by atoms with Crippen LogP contribution < -0.4 is 5.73 Å². The quantitative estimate of drug-likeness (QED) is 0.426. The monoisotopic (exact) mass is 140 g/mol. The third kappa shape index (κ3) is 6.65. The van der Waals surface area contributed by atoms with Crippen LogP contribution in [0, 0.1) is 0 Å². The van der Waals surface area contributed by atoms with Crippen LogP contribution in [0.4, 0.5) is 0 Å². The van der Waals surface area contributed by atoms with Crippen molar-refractivity contribution in [2.75, 3.05) is 0 Å². The van der Waals surface area contributed by atoms with E-state index in [1.807, 2.05) is 0 Å². The van der Waals surface area contributed by atoms with Gasteiger partial charge in [-0.2, -0.15) is 0 Å². The summed E-state index contributed by atoms with van der Waals surface area (Å²) in [6.45, 7) is 0. The Balaban J connectivity index is 3.62. The lowest BCUT2D eigenvalue weighted by Gasteiger charge is -1.73. The first-order valence-electron chi connectivity index (χ1n) is 2.79. The number of carbonyl (C=O) groups is 1. The Morgan fingerprint density at radius 1 is 1.20 bits per heavy atom. The smallest absolute Gasteiger partial charge is 0.328 e. The fourth-order valence-corrected chi connectivity index (χ4v) is 0.345. The van der Waals surface area contributed by atoms with Crippen molar-refractivity contribution >= 4 is 5.97 Å². The van der Waals surface area contributed by atoms with E-state index in [9.17, 15) is 4.79 Å². The number of carboxylic acids is 1. The molecule has 0 amide bonds. The maximum atomic E-state index is 9.88.